The summed E-state index contributed by atoms with van der Waals surface area (Å²) in [6, 6.07) is 6.45. The maximum atomic E-state index is 6.24. The lowest BCUT2D eigenvalue weighted by Crippen LogP contribution is -2.62. The normalized spacial score (nSPS) is 24.1. The molecule has 1 aromatic carbocycles. The lowest BCUT2D eigenvalue weighted by Gasteiger charge is -2.53. The molecule has 0 spiro atoms. The number of hydrogen-bond donors (Lipinski definition) is 1. The lowest BCUT2D eigenvalue weighted by molar-refractivity contribution is -0.0731. The zero-order chi connectivity index (χ0) is 14.8. The van der Waals surface area contributed by atoms with Crippen molar-refractivity contribution in [1.82, 2.24) is 0 Å². The van der Waals surface area contributed by atoms with Crippen molar-refractivity contribution in [2.45, 2.75) is 58.6 Å². The molecule has 20 heavy (non-hydrogen) atoms. The maximum absolute atomic E-state index is 6.24. The third kappa shape index (κ3) is 2.39. The van der Waals surface area contributed by atoms with Gasteiger partial charge < -0.3 is 15.2 Å². The van der Waals surface area contributed by atoms with Gasteiger partial charge in [-0.15, -0.1) is 0 Å². The van der Waals surface area contributed by atoms with Crippen LogP contribution in [0.25, 0.3) is 0 Å². The van der Waals surface area contributed by atoms with E-state index in [9.17, 15) is 0 Å². The largest absolute Gasteiger partial charge is 0.493 e. The van der Waals surface area contributed by atoms with Gasteiger partial charge in [-0.25, -0.2) is 0 Å². The van der Waals surface area contributed by atoms with Crippen molar-refractivity contribution >= 4 is 0 Å². The molecule has 2 rings (SSSR count). The molecule has 0 bridgehead atoms. The summed E-state index contributed by atoms with van der Waals surface area (Å²) in [6.07, 6.45) is 4.25. The Bertz CT molecular complexity index is 454. The number of ether oxygens (including phenoxy) is 2. The summed E-state index contributed by atoms with van der Waals surface area (Å²) in [5.74, 6) is 1.67. The van der Waals surface area contributed by atoms with Crippen molar-refractivity contribution in [2.75, 3.05) is 7.11 Å². The van der Waals surface area contributed by atoms with Crippen LogP contribution < -0.4 is 15.2 Å². The first-order valence-corrected chi connectivity index (χ1v) is 7.70. The van der Waals surface area contributed by atoms with E-state index in [0.717, 1.165) is 37.2 Å². The Hall–Kier alpha value is -1.22. The highest BCUT2D eigenvalue weighted by molar-refractivity contribution is 5.43. The molecule has 112 valence electrons. The smallest absolute Gasteiger partial charge is 0.161 e. The quantitative estimate of drug-likeness (QED) is 0.865. The molecule has 0 radical (unpaired) electrons. The summed E-state index contributed by atoms with van der Waals surface area (Å²) in [5.41, 5.74) is 7.61. The van der Waals surface area contributed by atoms with Crippen molar-refractivity contribution in [3.8, 4) is 11.5 Å². The number of methoxy groups -OCH3 is 1. The van der Waals surface area contributed by atoms with Crippen LogP contribution in [-0.4, -0.2) is 19.3 Å². The van der Waals surface area contributed by atoms with Crippen LogP contribution >= 0.6 is 0 Å². The predicted molar refractivity (Wildman–Crippen MR) is 82.4 cm³/mol. The second-order valence-corrected chi connectivity index (χ2v) is 5.73. The summed E-state index contributed by atoms with van der Waals surface area (Å²) in [6.45, 7) is 6.55. The average molecular weight is 277 g/mol. The van der Waals surface area contributed by atoms with Crippen LogP contribution in [0.15, 0.2) is 18.2 Å². The zero-order valence-corrected chi connectivity index (χ0v) is 13.1. The number of rotatable bonds is 6. The Morgan fingerprint density at radius 1 is 1.20 bits per heavy atom. The van der Waals surface area contributed by atoms with E-state index in [1.807, 2.05) is 6.07 Å². The Kier molecular flexibility index (Phi) is 4.59. The third-order valence-corrected chi connectivity index (χ3v) is 5.07. The standard InChI is InChI=1S/C17H27NO2/c1-5-12-8-9-13(14(10-12)19-4)20-16-11-15(18)17(16,6-2)7-3/h8-10,15-16H,5-7,11,18H2,1-4H3. The first-order chi connectivity index (χ1) is 9.61. The average Bonchev–Trinajstić information content (AvgIpc) is 2.48. The van der Waals surface area contributed by atoms with E-state index in [1.165, 1.54) is 5.56 Å². The fourth-order valence-corrected chi connectivity index (χ4v) is 3.36. The van der Waals surface area contributed by atoms with E-state index in [0.29, 0.717) is 0 Å². The molecule has 3 nitrogen and oxygen atoms in total. The molecule has 0 amide bonds. The van der Waals surface area contributed by atoms with Crippen molar-refractivity contribution in [3.05, 3.63) is 23.8 Å². The van der Waals surface area contributed by atoms with Crippen molar-refractivity contribution in [3.63, 3.8) is 0 Å². The summed E-state index contributed by atoms with van der Waals surface area (Å²) in [4.78, 5) is 0. The molecular weight excluding hydrogens is 250 g/mol. The van der Waals surface area contributed by atoms with Crippen molar-refractivity contribution in [2.24, 2.45) is 11.1 Å². The molecule has 0 saturated heterocycles. The molecule has 1 aromatic rings. The molecule has 2 N–H and O–H groups in total. The summed E-state index contributed by atoms with van der Waals surface area (Å²) < 4.78 is 11.7. The van der Waals surface area contributed by atoms with Gasteiger partial charge in [-0.2, -0.15) is 0 Å². The van der Waals surface area contributed by atoms with E-state index >= 15 is 0 Å². The maximum Gasteiger partial charge on any atom is 0.161 e. The second kappa shape index (κ2) is 6.04. The van der Waals surface area contributed by atoms with Gasteiger partial charge >= 0.3 is 0 Å². The van der Waals surface area contributed by atoms with Crippen LogP contribution in [0.2, 0.25) is 0 Å². The first kappa shape index (κ1) is 15.2. The first-order valence-electron chi connectivity index (χ1n) is 7.70. The van der Waals surface area contributed by atoms with Crippen LogP contribution in [0.5, 0.6) is 11.5 Å². The van der Waals surface area contributed by atoms with Crippen LogP contribution in [0.3, 0.4) is 0 Å². The van der Waals surface area contributed by atoms with E-state index in [-0.39, 0.29) is 17.6 Å². The summed E-state index contributed by atoms with van der Waals surface area (Å²) in [7, 11) is 1.70. The van der Waals surface area contributed by atoms with Gasteiger partial charge in [0, 0.05) is 17.9 Å². The van der Waals surface area contributed by atoms with E-state index in [1.54, 1.807) is 7.11 Å². The SMILES string of the molecule is CCc1ccc(OC2CC(N)C2(CC)CC)c(OC)c1. The van der Waals surface area contributed by atoms with Gasteiger partial charge in [0.05, 0.1) is 7.11 Å². The van der Waals surface area contributed by atoms with Crippen molar-refractivity contribution in [1.29, 1.82) is 0 Å². The molecule has 1 aliphatic rings. The third-order valence-electron chi connectivity index (χ3n) is 5.07. The Balaban J connectivity index is 2.18. The number of benzene rings is 1. The summed E-state index contributed by atoms with van der Waals surface area (Å²) in [5, 5.41) is 0. The molecule has 2 atom stereocenters. The number of nitrogens with two attached hydrogens (primary N) is 1. The fourth-order valence-electron chi connectivity index (χ4n) is 3.36. The highest BCUT2D eigenvalue weighted by Gasteiger charge is 2.52. The lowest BCUT2D eigenvalue weighted by atomic mass is 9.59. The van der Waals surface area contributed by atoms with E-state index < -0.39 is 0 Å². The molecule has 2 unspecified atom stereocenters. The minimum Gasteiger partial charge on any atom is -0.493 e. The fraction of sp³-hybridized carbons (Fsp3) is 0.647. The molecular formula is C17H27NO2. The van der Waals surface area contributed by atoms with Gasteiger partial charge in [-0.3, -0.25) is 0 Å². The van der Waals surface area contributed by atoms with Gasteiger partial charge in [-0.05, 0) is 37.0 Å². The van der Waals surface area contributed by atoms with Crippen LogP contribution in [0, 0.1) is 5.41 Å². The van der Waals surface area contributed by atoms with Gasteiger partial charge in [0.1, 0.15) is 6.10 Å². The number of hydrogen-bond acceptors (Lipinski definition) is 3. The highest BCUT2D eigenvalue weighted by atomic mass is 16.5. The predicted octanol–water partition coefficient (Wildman–Crippen LogP) is 3.54. The van der Waals surface area contributed by atoms with Gasteiger partial charge in [0.2, 0.25) is 0 Å². The second-order valence-electron chi connectivity index (χ2n) is 5.73. The highest BCUT2D eigenvalue weighted by Crippen LogP contribution is 2.48. The Labute approximate surface area is 122 Å². The Morgan fingerprint density at radius 3 is 2.40 bits per heavy atom. The molecule has 3 heteroatoms. The van der Waals surface area contributed by atoms with Gasteiger partial charge in [-0.1, -0.05) is 26.8 Å². The molecule has 0 aromatic heterocycles. The minimum absolute atomic E-state index is 0.119. The molecule has 1 saturated carbocycles. The van der Waals surface area contributed by atoms with E-state index in [4.69, 9.17) is 15.2 Å². The topological polar surface area (TPSA) is 44.5 Å². The van der Waals surface area contributed by atoms with E-state index in [2.05, 4.69) is 32.9 Å². The molecule has 1 aliphatic carbocycles. The molecule has 0 aliphatic heterocycles. The van der Waals surface area contributed by atoms with Crippen LogP contribution in [0.4, 0.5) is 0 Å². The van der Waals surface area contributed by atoms with Crippen molar-refractivity contribution < 1.29 is 9.47 Å². The van der Waals surface area contributed by atoms with Gasteiger partial charge in [0.25, 0.3) is 0 Å². The summed E-state index contributed by atoms with van der Waals surface area (Å²) >= 11 is 0. The minimum atomic E-state index is 0.119. The monoisotopic (exact) mass is 277 g/mol. The van der Waals surface area contributed by atoms with Crippen LogP contribution in [-0.2, 0) is 6.42 Å². The van der Waals surface area contributed by atoms with Gasteiger partial charge in [0.15, 0.2) is 11.5 Å². The molecule has 0 heterocycles. The number of aryl methyl sites for hydroxylation is 1. The Morgan fingerprint density at radius 2 is 1.90 bits per heavy atom. The zero-order valence-electron chi connectivity index (χ0n) is 13.1. The van der Waals surface area contributed by atoms with Crippen LogP contribution in [0.1, 0.15) is 45.6 Å². The molecule has 1 fully saturated rings.